The van der Waals surface area contributed by atoms with Crippen LogP contribution in [0.2, 0.25) is 5.15 Å². The van der Waals surface area contributed by atoms with Crippen molar-refractivity contribution in [2.24, 2.45) is 0 Å². The van der Waals surface area contributed by atoms with Crippen molar-refractivity contribution in [2.75, 3.05) is 5.32 Å². The van der Waals surface area contributed by atoms with Crippen LogP contribution < -0.4 is 5.32 Å². The zero-order valence-electron chi connectivity index (χ0n) is 11.3. The molecule has 0 aliphatic heterocycles. The molecule has 2 aromatic heterocycles. The number of amides is 1. The number of nitrogens with one attached hydrogen (secondary N) is 1. The minimum Gasteiger partial charge on any atom is -0.321 e. The summed E-state index contributed by atoms with van der Waals surface area (Å²) in [6, 6.07) is 10.8. The summed E-state index contributed by atoms with van der Waals surface area (Å²) in [5.41, 5.74) is 1.93. The molecule has 0 fully saturated rings. The average Bonchev–Trinajstić information content (AvgIpc) is 2.46. The Balaban J connectivity index is 1.96. The van der Waals surface area contributed by atoms with Gasteiger partial charge in [-0.1, -0.05) is 23.7 Å². The highest BCUT2D eigenvalue weighted by molar-refractivity contribution is 6.30. The molecule has 0 atom stereocenters. The maximum absolute atomic E-state index is 12.3. The van der Waals surface area contributed by atoms with Crippen molar-refractivity contribution in [3.8, 4) is 0 Å². The second kappa shape index (κ2) is 5.50. The van der Waals surface area contributed by atoms with E-state index in [4.69, 9.17) is 11.6 Å². The molecule has 0 spiro atoms. The second-order valence-electron chi connectivity index (χ2n) is 4.68. The van der Waals surface area contributed by atoms with Gasteiger partial charge in [0, 0.05) is 40.1 Å². The third kappa shape index (κ3) is 2.85. The quantitative estimate of drug-likeness (QED) is 0.731. The SMILES string of the molecule is Cc1cc(C(=O)Nc2cccc3cnccc23)cc(Cl)n1. The fourth-order valence-electron chi connectivity index (χ4n) is 2.19. The van der Waals surface area contributed by atoms with Gasteiger partial charge in [-0.15, -0.1) is 0 Å². The van der Waals surface area contributed by atoms with Gasteiger partial charge in [-0.2, -0.15) is 0 Å². The Morgan fingerprint density at radius 3 is 2.90 bits per heavy atom. The molecule has 0 radical (unpaired) electrons. The van der Waals surface area contributed by atoms with Gasteiger partial charge < -0.3 is 5.32 Å². The molecular formula is C16H12ClN3O. The number of carbonyl (C=O) groups excluding carboxylic acids is 1. The van der Waals surface area contributed by atoms with E-state index in [2.05, 4.69) is 15.3 Å². The summed E-state index contributed by atoms with van der Waals surface area (Å²) in [4.78, 5) is 20.5. The third-order valence-corrected chi connectivity index (χ3v) is 3.31. The summed E-state index contributed by atoms with van der Waals surface area (Å²) in [7, 11) is 0. The number of benzene rings is 1. The van der Waals surface area contributed by atoms with E-state index in [0.717, 1.165) is 16.5 Å². The molecule has 0 bridgehead atoms. The van der Waals surface area contributed by atoms with Crippen LogP contribution in [0.4, 0.5) is 5.69 Å². The van der Waals surface area contributed by atoms with Crippen LogP contribution in [0, 0.1) is 6.92 Å². The normalized spacial score (nSPS) is 10.6. The second-order valence-corrected chi connectivity index (χ2v) is 5.06. The number of aryl methyl sites for hydroxylation is 1. The largest absolute Gasteiger partial charge is 0.321 e. The number of aromatic nitrogens is 2. The van der Waals surface area contributed by atoms with Crippen LogP contribution in [0.25, 0.3) is 10.8 Å². The fraction of sp³-hybridized carbons (Fsp3) is 0.0625. The Labute approximate surface area is 126 Å². The molecule has 0 saturated heterocycles. The van der Waals surface area contributed by atoms with Crippen LogP contribution in [0.1, 0.15) is 16.1 Å². The maximum Gasteiger partial charge on any atom is 0.255 e. The number of halogens is 1. The molecule has 5 heteroatoms. The lowest BCUT2D eigenvalue weighted by molar-refractivity contribution is 0.102. The number of anilines is 1. The van der Waals surface area contributed by atoms with E-state index in [-0.39, 0.29) is 5.91 Å². The molecule has 1 aromatic carbocycles. The molecule has 104 valence electrons. The highest BCUT2D eigenvalue weighted by atomic mass is 35.5. The Bertz CT molecular complexity index is 807. The first-order valence-electron chi connectivity index (χ1n) is 6.42. The first-order valence-corrected chi connectivity index (χ1v) is 6.79. The van der Waals surface area contributed by atoms with Crippen molar-refractivity contribution < 1.29 is 4.79 Å². The molecule has 0 aliphatic carbocycles. The van der Waals surface area contributed by atoms with Gasteiger partial charge in [0.1, 0.15) is 5.15 Å². The number of hydrogen-bond donors (Lipinski definition) is 1. The minimum atomic E-state index is -0.216. The Hall–Kier alpha value is -2.46. The zero-order valence-corrected chi connectivity index (χ0v) is 12.1. The topological polar surface area (TPSA) is 54.9 Å². The summed E-state index contributed by atoms with van der Waals surface area (Å²) in [5.74, 6) is -0.216. The van der Waals surface area contributed by atoms with Gasteiger partial charge in [-0.05, 0) is 31.2 Å². The first-order chi connectivity index (χ1) is 10.1. The summed E-state index contributed by atoms with van der Waals surface area (Å²) < 4.78 is 0. The Morgan fingerprint density at radius 1 is 1.24 bits per heavy atom. The molecule has 1 amide bonds. The molecule has 3 aromatic rings. The molecule has 0 saturated carbocycles. The van der Waals surface area contributed by atoms with Gasteiger partial charge in [0.2, 0.25) is 0 Å². The molecule has 4 nitrogen and oxygen atoms in total. The van der Waals surface area contributed by atoms with Crippen LogP contribution in [0.5, 0.6) is 0 Å². The van der Waals surface area contributed by atoms with E-state index >= 15 is 0 Å². The monoisotopic (exact) mass is 297 g/mol. The summed E-state index contributed by atoms with van der Waals surface area (Å²) in [5, 5.41) is 5.12. The van der Waals surface area contributed by atoms with Gasteiger partial charge in [0.05, 0.1) is 0 Å². The minimum absolute atomic E-state index is 0.216. The molecule has 21 heavy (non-hydrogen) atoms. The lowest BCUT2D eigenvalue weighted by Gasteiger charge is -2.09. The van der Waals surface area contributed by atoms with Gasteiger partial charge in [-0.3, -0.25) is 9.78 Å². The molecule has 2 heterocycles. The van der Waals surface area contributed by atoms with Crippen LogP contribution in [-0.2, 0) is 0 Å². The van der Waals surface area contributed by atoms with Crippen LogP contribution in [0.3, 0.4) is 0 Å². The number of carbonyl (C=O) groups is 1. The predicted molar refractivity (Wildman–Crippen MR) is 83.7 cm³/mol. The zero-order chi connectivity index (χ0) is 14.8. The number of nitrogens with zero attached hydrogens (tertiary/aromatic N) is 2. The summed E-state index contributed by atoms with van der Waals surface area (Å²) in [6.45, 7) is 1.80. The molecule has 3 rings (SSSR count). The highest BCUT2D eigenvalue weighted by Crippen LogP contribution is 2.23. The maximum atomic E-state index is 12.3. The van der Waals surface area contributed by atoms with E-state index < -0.39 is 0 Å². The van der Waals surface area contributed by atoms with Crippen molar-refractivity contribution >= 4 is 34.0 Å². The van der Waals surface area contributed by atoms with Gasteiger partial charge in [0.25, 0.3) is 5.91 Å². The average molecular weight is 298 g/mol. The van der Waals surface area contributed by atoms with Crippen molar-refractivity contribution in [3.63, 3.8) is 0 Å². The number of pyridine rings is 2. The van der Waals surface area contributed by atoms with Crippen LogP contribution >= 0.6 is 11.6 Å². The summed E-state index contributed by atoms with van der Waals surface area (Å²) >= 11 is 5.89. The molecule has 1 N–H and O–H groups in total. The van der Waals surface area contributed by atoms with Crippen molar-refractivity contribution in [1.29, 1.82) is 0 Å². The van der Waals surface area contributed by atoms with E-state index in [1.807, 2.05) is 24.3 Å². The van der Waals surface area contributed by atoms with Crippen LogP contribution in [-0.4, -0.2) is 15.9 Å². The van der Waals surface area contributed by atoms with E-state index in [0.29, 0.717) is 16.4 Å². The van der Waals surface area contributed by atoms with Gasteiger partial charge in [-0.25, -0.2) is 4.98 Å². The first kappa shape index (κ1) is 13.5. The Kier molecular flexibility index (Phi) is 3.54. The molecule has 0 aliphatic rings. The smallest absolute Gasteiger partial charge is 0.255 e. The van der Waals surface area contributed by atoms with E-state index in [1.54, 1.807) is 31.5 Å². The summed E-state index contributed by atoms with van der Waals surface area (Å²) in [6.07, 6.45) is 3.46. The van der Waals surface area contributed by atoms with Crippen LogP contribution in [0.15, 0.2) is 48.8 Å². The predicted octanol–water partition coefficient (Wildman–Crippen LogP) is 3.84. The number of hydrogen-bond acceptors (Lipinski definition) is 3. The van der Waals surface area contributed by atoms with E-state index in [1.165, 1.54) is 0 Å². The highest BCUT2D eigenvalue weighted by Gasteiger charge is 2.10. The number of fused-ring (bicyclic) bond motifs is 1. The standard InChI is InChI=1S/C16H12ClN3O/c1-10-7-12(8-15(17)19-10)16(21)20-14-4-2-3-11-9-18-6-5-13(11)14/h2-9H,1H3,(H,20,21). The fourth-order valence-corrected chi connectivity index (χ4v) is 2.44. The molecule has 0 unspecified atom stereocenters. The van der Waals surface area contributed by atoms with Crippen molar-refractivity contribution in [3.05, 3.63) is 65.2 Å². The molecular weight excluding hydrogens is 286 g/mol. The lowest BCUT2D eigenvalue weighted by Crippen LogP contribution is -2.12. The van der Waals surface area contributed by atoms with Gasteiger partial charge in [0.15, 0.2) is 0 Å². The lowest BCUT2D eigenvalue weighted by atomic mass is 10.1. The van der Waals surface area contributed by atoms with Crippen molar-refractivity contribution in [1.82, 2.24) is 9.97 Å². The van der Waals surface area contributed by atoms with E-state index in [9.17, 15) is 4.79 Å². The van der Waals surface area contributed by atoms with Crippen molar-refractivity contribution in [2.45, 2.75) is 6.92 Å². The Morgan fingerprint density at radius 2 is 2.10 bits per heavy atom. The number of rotatable bonds is 2. The third-order valence-electron chi connectivity index (χ3n) is 3.11. The van der Waals surface area contributed by atoms with Gasteiger partial charge >= 0.3 is 0 Å².